The summed E-state index contributed by atoms with van der Waals surface area (Å²) in [6.45, 7) is 4.79. The number of allylic oxidation sites excluding steroid dienone is 2. The van der Waals surface area contributed by atoms with Crippen LogP contribution < -0.4 is 11.3 Å². The number of anilines is 1. The van der Waals surface area contributed by atoms with Crippen molar-refractivity contribution in [2.45, 2.75) is 45.8 Å². The van der Waals surface area contributed by atoms with Gasteiger partial charge in [0.2, 0.25) is 5.95 Å². The highest BCUT2D eigenvalue weighted by atomic mass is 16.5. The third kappa shape index (κ3) is 4.07. The van der Waals surface area contributed by atoms with Gasteiger partial charge in [0.1, 0.15) is 5.76 Å². The van der Waals surface area contributed by atoms with Crippen molar-refractivity contribution < 1.29 is 19.7 Å². The van der Waals surface area contributed by atoms with Crippen molar-refractivity contribution in [3.05, 3.63) is 64.1 Å². The number of hydrogen-bond donors (Lipinski definition) is 4. The van der Waals surface area contributed by atoms with Gasteiger partial charge in [0.15, 0.2) is 5.95 Å². The number of esters is 1. The number of H-pyrrole nitrogens is 1. The fourth-order valence-corrected chi connectivity index (χ4v) is 7.12. The molecule has 0 aromatic carbocycles. The number of carbonyl (C=O) groups excluding carboxylic acids is 1. The van der Waals surface area contributed by atoms with E-state index in [4.69, 9.17) is 15.5 Å². The quantitative estimate of drug-likeness (QED) is 0.434. The molecule has 0 amide bonds. The molecule has 2 aromatic rings. The molecule has 2 aromatic heterocycles. The number of rotatable bonds is 4. The van der Waals surface area contributed by atoms with Crippen LogP contribution in [0, 0.1) is 28.6 Å². The number of cyclic esters (lactones) is 1. The van der Waals surface area contributed by atoms with Crippen LogP contribution in [-0.4, -0.2) is 54.1 Å². The highest BCUT2D eigenvalue weighted by molar-refractivity contribution is 5.96. The number of nitrogen functional groups attached to an aromatic ring is 1. The summed E-state index contributed by atoms with van der Waals surface area (Å²) in [4.78, 5) is 40.5. The number of nitrogens with two attached hydrogens (primary N) is 1. The van der Waals surface area contributed by atoms with Crippen molar-refractivity contribution in [2.75, 3.05) is 12.3 Å². The highest BCUT2D eigenvalue weighted by Gasteiger charge is 2.60. The Labute approximate surface area is 224 Å². The van der Waals surface area contributed by atoms with Gasteiger partial charge in [0, 0.05) is 42.2 Å². The zero-order valence-electron chi connectivity index (χ0n) is 21.9. The van der Waals surface area contributed by atoms with Gasteiger partial charge in [-0.3, -0.25) is 9.78 Å². The Morgan fingerprint density at radius 3 is 2.90 bits per heavy atom. The molecule has 0 radical (unpaired) electrons. The molecule has 4 heterocycles. The fourth-order valence-electron chi connectivity index (χ4n) is 7.12. The lowest BCUT2D eigenvalue weighted by atomic mass is 9.45. The second-order valence-electron chi connectivity index (χ2n) is 11.5. The Morgan fingerprint density at radius 1 is 1.31 bits per heavy atom. The molecule has 6 rings (SSSR count). The molecule has 2 fully saturated rings. The second kappa shape index (κ2) is 9.13. The first-order chi connectivity index (χ1) is 18.6. The van der Waals surface area contributed by atoms with Gasteiger partial charge in [-0.15, -0.1) is 0 Å². The van der Waals surface area contributed by atoms with Crippen LogP contribution in [0.15, 0.2) is 57.9 Å². The third-order valence-corrected chi connectivity index (χ3v) is 9.39. The number of aliphatic hydroxyl groups is 2. The molecule has 0 saturated heterocycles. The van der Waals surface area contributed by atoms with Crippen LogP contribution in [0.25, 0.3) is 6.08 Å². The molecule has 4 aliphatic rings. The van der Waals surface area contributed by atoms with Gasteiger partial charge < -0.3 is 25.3 Å². The fraction of sp³-hybridized carbons (Fsp3) is 0.464. The van der Waals surface area contributed by atoms with Crippen molar-refractivity contribution >= 4 is 29.7 Å². The van der Waals surface area contributed by atoms with E-state index < -0.39 is 23.0 Å². The first kappa shape index (κ1) is 25.4. The van der Waals surface area contributed by atoms with Crippen LogP contribution in [0.5, 0.6) is 0 Å². The van der Waals surface area contributed by atoms with Crippen LogP contribution in [-0.2, 0) is 16.1 Å². The number of imidazole rings is 1. The molecule has 3 unspecified atom stereocenters. The van der Waals surface area contributed by atoms with Crippen molar-refractivity contribution in [2.24, 2.45) is 33.6 Å². The summed E-state index contributed by atoms with van der Waals surface area (Å²) in [7, 11) is 0. The molecule has 0 bridgehead atoms. The summed E-state index contributed by atoms with van der Waals surface area (Å²) >= 11 is 0. The number of aromatic amines is 1. The number of carbonyl (C=O) groups is 1. The summed E-state index contributed by atoms with van der Waals surface area (Å²) in [6, 6.07) is 0. The minimum Gasteiger partial charge on any atom is -0.423 e. The lowest BCUT2D eigenvalue weighted by Gasteiger charge is -2.61. The summed E-state index contributed by atoms with van der Waals surface area (Å²) < 4.78 is 7.45. The Morgan fingerprint density at radius 2 is 2.13 bits per heavy atom. The van der Waals surface area contributed by atoms with Gasteiger partial charge in [-0.25, -0.2) is 19.8 Å². The lowest BCUT2D eigenvalue weighted by molar-refractivity contribution is -0.147. The van der Waals surface area contributed by atoms with Crippen molar-refractivity contribution in [1.29, 1.82) is 0 Å². The van der Waals surface area contributed by atoms with Crippen LogP contribution in [0.1, 0.15) is 38.7 Å². The number of hydrogen-bond acceptors (Lipinski definition) is 9. The zero-order valence-corrected chi connectivity index (χ0v) is 21.9. The number of aromatic nitrogens is 4. The van der Waals surface area contributed by atoms with E-state index in [1.54, 1.807) is 18.3 Å². The van der Waals surface area contributed by atoms with E-state index in [-0.39, 0.29) is 47.0 Å². The van der Waals surface area contributed by atoms with E-state index in [1.807, 2.05) is 17.7 Å². The zero-order chi connectivity index (χ0) is 27.5. The molecule has 5 N–H and O–H groups in total. The molecule has 204 valence electrons. The molecule has 11 nitrogen and oxygen atoms in total. The number of nitrogens with zero attached hydrogens (tertiary/aromatic N) is 4. The van der Waals surface area contributed by atoms with E-state index in [9.17, 15) is 19.8 Å². The molecule has 39 heavy (non-hydrogen) atoms. The minimum atomic E-state index is -0.679. The third-order valence-electron chi connectivity index (χ3n) is 9.39. The smallest absolute Gasteiger partial charge is 0.343 e. The lowest BCUT2D eigenvalue weighted by Crippen LogP contribution is -2.60. The minimum absolute atomic E-state index is 0.00461. The standard InChI is InChI=1S/C28H32N6O5/c1-27-6-5-22(36)28(2,14-35)21(27)11-20-18(13-34-8-7-30-26(34)32-20)19(27)4-3-15-9-17(39-24(15)38)10-16-12-31-25(29)33-23(16)37/h3-4,7-10,12,18-19,21-22,35-36H,5-6,11,13-14H2,1-2H3,(H3,29,31,33,37)/b4-3+,17-10+/t18?,19?,21?,22-,27-,28+/m1/s1. The van der Waals surface area contributed by atoms with Gasteiger partial charge in [-0.1, -0.05) is 26.0 Å². The highest BCUT2D eigenvalue weighted by Crippen LogP contribution is 2.61. The van der Waals surface area contributed by atoms with Crippen LogP contribution in [0.4, 0.5) is 11.9 Å². The molecular weight excluding hydrogens is 500 g/mol. The monoisotopic (exact) mass is 532 g/mol. The Balaban J connectivity index is 1.37. The van der Waals surface area contributed by atoms with Crippen LogP contribution >= 0.6 is 0 Å². The predicted octanol–water partition coefficient (Wildman–Crippen LogP) is 2.13. The van der Waals surface area contributed by atoms with Gasteiger partial charge >= 0.3 is 5.97 Å². The SMILES string of the molecule is C[C@]12CC[C@@H](O)[C@@](C)(CO)C1CC1=Nc3nccn3CC1C2/C=C/C1=CC(=C\c2cnc(N)[nH]c2=O)/OC1=O. The Kier molecular flexibility index (Phi) is 5.96. The predicted molar refractivity (Wildman–Crippen MR) is 144 cm³/mol. The normalized spacial score (nSPS) is 34.8. The average Bonchev–Trinajstić information content (AvgIpc) is 3.51. The summed E-state index contributed by atoms with van der Waals surface area (Å²) in [5, 5.41) is 21.4. The number of ether oxygens (including phenoxy) is 1. The van der Waals surface area contributed by atoms with Crippen molar-refractivity contribution in [3.8, 4) is 0 Å². The molecule has 6 atom stereocenters. The topological polar surface area (TPSA) is 169 Å². The van der Waals surface area contributed by atoms with Gasteiger partial charge in [-0.2, -0.15) is 0 Å². The summed E-state index contributed by atoms with van der Waals surface area (Å²) in [5.41, 5.74) is 5.75. The Hall–Kier alpha value is -3.83. The van der Waals surface area contributed by atoms with Gasteiger partial charge in [0.05, 0.1) is 23.8 Å². The first-order valence-electron chi connectivity index (χ1n) is 13.2. The van der Waals surface area contributed by atoms with E-state index in [2.05, 4.69) is 28.0 Å². The maximum absolute atomic E-state index is 12.7. The van der Waals surface area contributed by atoms with Crippen LogP contribution in [0.3, 0.4) is 0 Å². The number of fused-ring (bicyclic) bond motifs is 3. The molecule has 0 spiro atoms. The maximum Gasteiger partial charge on any atom is 0.343 e. The molecule has 2 saturated carbocycles. The van der Waals surface area contributed by atoms with Gasteiger partial charge in [0.25, 0.3) is 5.56 Å². The summed E-state index contributed by atoms with van der Waals surface area (Å²) in [5.74, 6) is 0.437. The van der Waals surface area contributed by atoms with E-state index in [0.29, 0.717) is 30.9 Å². The Bertz CT molecular complexity index is 1520. The number of aliphatic hydroxyl groups excluding tert-OH is 2. The van der Waals surface area contributed by atoms with Crippen molar-refractivity contribution in [3.63, 3.8) is 0 Å². The van der Waals surface area contributed by atoms with E-state index in [0.717, 1.165) is 12.1 Å². The second-order valence-corrected chi connectivity index (χ2v) is 11.5. The molecule has 11 heteroatoms. The molecule has 2 aliphatic heterocycles. The number of aliphatic imine (C=N–C) groups is 1. The summed E-state index contributed by atoms with van der Waals surface area (Å²) in [6.07, 6.45) is 13.3. The van der Waals surface area contributed by atoms with Gasteiger partial charge in [-0.05, 0) is 48.7 Å². The maximum atomic E-state index is 12.7. The average molecular weight is 533 g/mol. The molecule has 2 aliphatic carbocycles. The number of nitrogens with one attached hydrogen (secondary N) is 1. The largest absolute Gasteiger partial charge is 0.423 e. The molecular formula is C28H32N6O5. The van der Waals surface area contributed by atoms with Crippen LogP contribution in [0.2, 0.25) is 0 Å². The van der Waals surface area contributed by atoms with E-state index in [1.165, 1.54) is 12.3 Å². The van der Waals surface area contributed by atoms with E-state index >= 15 is 0 Å². The first-order valence-corrected chi connectivity index (χ1v) is 13.2. The van der Waals surface area contributed by atoms with Crippen molar-refractivity contribution in [1.82, 2.24) is 19.5 Å².